The summed E-state index contributed by atoms with van der Waals surface area (Å²) in [5.41, 5.74) is 4.24. The highest BCUT2D eigenvalue weighted by Crippen LogP contribution is 2.60. The predicted molar refractivity (Wildman–Crippen MR) is 85.3 cm³/mol. The fourth-order valence-corrected chi connectivity index (χ4v) is 3.61. The molecule has 0 aliphatic heterocycles. The smallest absolute Gasteiger partial charge is 0.124 e. The molecule has 1 aliphatic rings. The average Bonchev–Trinajstić information content (AvgIpc) is 3.03. The molecule has 1 aliphatic carbocycles. The van der Waals surface area contributed by atoms with Crippen molar-refractivity contribution in [2.24, 2.45) is 11.8 Å². The molecule has 1 nitrogen and oxygen atoms in total. The van der Waals surface area contributed by atoms with Crippen molar-refractivity contribution in [2.45, 2.75) is 65.2 Å². The van der Waals surface area contributed by atoms with E-state index < -0.39 is 0 Å². The van der Waals surface area contributed by atoms with Crippen LogP contribution in [0.4, 0.5) is 0 Å². The van der Waals surface area contributed by atoms with Crippen LogP contribution in [0.15, 0.2) is 18.2 Å². The van der Waals surface area contributed by atoms with Crippen molar-refractivity contribution in [3.63, 3.8) is 0 Å². The molecule has 0 bridgehead atoms. The number of aldehydes is 1. The zero-order valence-corrected chi connectivity index (χ0v) is 13.7. The lowest BCUT2D eigenvalue weighted by Gasteiger charge is -2.19. The first-order chi connectivity index (χ1) is 9.36. The van der Waals surface area contributed by atoms with Crippen LogP contribution in [-0.2, 0) is 10.2 Å². The summed E-state index contributed by atoms with van der Waals surface area (Å²) in [6.45, 7) is 13.4. The van der Waals surface area contributed by atoms with E-state index in [-0.39, 0.29) is 11.3 Å². The highest BCUT2D eigenvalue weighted by atomic mass is 16.1. The molecule has 3 atom stereocenters. The molecule has 1 heteroatoms. The van der Waals surface area contributed by atoms with Gasteiger partial charge in [-0.2, -0.15) is 0 Å². The van der Waals surface area contributed by atoms with Crippen LogP contribution in [0.25, 0.3) is 0 Å². The summed E-state index contributed by atoms with van der Waals surface area (Å²) in [4.78, 5) is 11.4. The van der Waals surface area contributed by atoms with E-state index in [0.29, 0.717) is 17.8 Å². The van der Waals surface area contributed by atoms with Gasteiger partial charge in [-0.1, -0.05) is 66.2 Å². The van der Waals surface area contributed by atoms with Gasteiger partial charge in [0.25, 0.3) is 0 Å². The zero-order valence-electron chi connectivity index (χ0n) is 13.7. The first kappa shape index (κ1) is 15.3. The highest BCUT2D eigenvalue weighted by molar-refractivity contribution is 5.66. The molecule has 20 heavy (non-hydrogen) atoms. The van der Waals surface area contributed by atoms with E-state index >= 15 is 0 Å². The molecule has 0 spiro atoms. The molecule has 110 valence electrons. The fourth-order valence-electron chi connectivity index (χ4n) is 3.61. The lowest BCUT2D eigenvalue weighted by molar-refractivity contribution is -0.109. The van der Waals surface area contributed by atoms with Gasteiger partial charge < -0.3 is 4.79 Å². The maximum Gasteiger partial charge on any atom is 0.124 e. The number of carbonyl (C=O) groups excluding carboxylic acids is 1. The van der Waals surface area contributed by atoms with E-state index in [1.54, 1.807) is 0 Å². The minimum Gasteiger partial charge on any atom is -0.303 e. The Kier molecular flexibility index (Phi) is 4.09. The molecule has 1 aromatic rings. The number of rotatable bonds is 5. The Hall–Kier alpha value is -1.11. The van der Waals surface area contributed by atoms with Crippen LogP contribution in [0.5, 0.6) is 0 Å². The van der Waals surface area contributed by atoms with Crippen LogP contribution >= 0.6 is 0 Å². The minimum atomic E-state index is 0.0606. The van der Waals surface area contributed by atoms with Crippen molar-refractivity contribution in [3.8, 4) is 0 Å². The summed E-state index contributed by atoms with van der Waals surface area (Å²) in [5.74, 6) is 1.78. The molecule has 1 fully saturated rings. The van der Waals surface area contributed by atoms with Crippen molar-refractivity contribution in [3.05, 3.63) is 34.9 Å². The summed E-state index contributed by atoms with van der Waals surface area (Å²) < 4.78 is 0. The lowest BCUT2D eigenvalue weighted by Crippen LogP contribution is -2.09. The van der Waals surface area contributed by atoms with Gasteiger partial charge >= 0.3 is 0 Å². The second-order valence-electron chi connectivity index (χ2n) is 7.16. The Morgan fingerprint density at radius 3 is 1.90 bits per heavy atom. The summed E-state index contributed by atoms with van der Waals surface area (Å²) in [6.07, 6.45) is 2.26. The average molecular weight is 272 g/mol. The molecule has 0 heterocycles. The van der Waals surface area contributed by atoms with E-state index in [1.807, 2.05) is 0 Å². The number of hydrogen-bond acceptors (Lipinski definition) is 1. The second-order valence-corrected chi connectivity index (χ2v) is 7.16. The van der Waals surface area contributed by atoms with Crippen molar-refractivity contribution in [1.29, 1.82) is 0 Å². The topological polar surface area (TPSA) is 17.1 Å². The summed E-state index contributed by atoms with van der Waals surface area (Å²) in [7, 11) is 0. The van der Waals surface area contributed by atoms with Crippen molar-refractivity contribution < 1.29 is 4.79 Å². The Morgan fingerprint density at radius 1 is 1.10 bits per heavy atom. The maximum atomic E-state index is 11.4. The van der Waals surface area contributed by atoms with Gasteiger partial charge in [-0.3, -0.25) is 0 Å². The van der Waals surface area contributed by atoms with Gasteiger partial charge in [-0.05, 0) is 34.4 Å². The summed E-state index contributed by atoms with van der Waals surface area (Å²) in [6, 6.07) is 7.01. The van der Waals surface area contributed by atoms with E-state index in [1.165, 1.54) is 23.0 Å². The molecule has 2 rings (SSSR count). The lowest BCUT2D eigenvalue weighted by atomic mass is 9.86. The van der Waals surface area contributed by atoms with Gasteiger partial charge in [-0.15, -0.1) is 0 Å². The molecule has 0 aromatic heterocycles. The van der Waals surface area contributed by atoms with Crippen LogP contribution in [0.1, 0.15) is 76.5 Å². The Morgan fingerprint density at radius 2 is 1.60 bits per heavy atom. The molecule has 3 unspecified atom stereocenters. The van der Waals surface area contributed by atoms with Gasteiger partial charge in [-0.25, -0.2) is 0 Å². The number of hydrogen-bond donors (Lipinski definition) is 0. The summed E-state index contributed by atoms with van der Waals surface area (Å²) in [5, 5.41) is 0. The van der Waals surface area contributed by atoms with E-state index in [2.05, 4.69) is 59.7 Å². The van der Waals surface area contributed by atoms with Crippen LogP contribution in [-0.4, -0.2) is 6.29 Å². The first-order valence-corrected chi connectivity index (χ1v) is 7.96. The standard InChI is InChI=1S/C19H28O/c1-7-17-18(11-20)19(17,6)16-9-14(12(2)3)8-15(10-16)13(4)5/h8-13,17-18H,7H2,1-6H3. The molecule has 0 N–H and O–H groups in total. The largest absolute Gasteiger partial charge is 0.303 e. The first-order valence-electron chi connectivity index (χ1n) is 7.96. The van der Waals surface area contributed by atoms with Gasteiger partial charge in [0.1, 0.15) is 6.29 Å². The number of benzene rings is 1. The third-order valence-corrected chi connectivity index (χ3v) is 5.31. The summed E-state index contributed by atoms with van der Waals surface area (Å²) >= 11 is 0. The van der Waals surface area contributed by atoms with Crippen molar-refractivity contribution >= 4 is 6.29 Å². The van der Waals surface area contributed by atoms with Crippen LogP contribution in [0.3, 0.4) is 0 Å². The van der Waals surface area contributed by atoms with Crippen molar-refractivity contribution in [1.82, 2.24) is 0 Å². The Labute approximate surface area is 123 Å². The maximum absolute atomic E-state index is 11.4. The molecule has 0 saturated heterocycles. The van der Waals surface area contributed by atoms with Gasteiger partial charge in [0.15, 0.2) is 0 Å². The van der Waals surface area contributed by atoms with Crippen molar-refractivity contribution in [2.75, 3.05) is 0 Å². The van der Waals surface area contributed by atoms with E-state index in [4.69, 9.17) is 0 Å². The second kappa shape index (κ2) is 5.35. The normalized spacial score (nSPS) is 29.0. The monoisotopic (exact) mass is 272 g/mol. The SMILES string of the molecule is CCC1C(C=O)C1(C)c1cc(C(C)C)cc(C(C)C)c1. The van der Waals surface area contributed by atoms with Gasteiger partial charge in [0, 0.05) is 11.3 Å². The fraction of sp³-hybridized carbons (Fsp3) is 0.632. The zero-order chi connectivity index (χ0) is 15.1. The third kappa shape index (κ3) is 2.32. The van der Waals surface area contributed by atoms with Gasteiger partial charge in [0.2, 0.25) is 0 Å². The Balaban J connectivity index is 2.49. The van der Waals surface area contributed by atoms with Crippen LogP contribution in [0.2, 0.25) is 0 Å². The highest BCUT2D eigenvalue weighted by Gasteiger charge is 2.60. The molecule has 0 amide bonds. The predicted octanol–water partition coefficient (Wildman–Crippen LogP) is 5.05. The van der Waals surface area contributed by atoms with Crippen LogP contribution < -0.4 is 0 Å². The molecular formula is C19H28O. The van der Waals surface area contributed by atoms with E-state index in [9.17, 15) is 4.79 Å². The van der Waals surface area contributed by atoms with E-state index in [0.717, 1.165) is 6.42 Å². The Bertz CT molecular complexity index is 474. The molecule has 1 saturated carbocycles. The number of carbonyl (C=O) groups is 1. The molecule has 1 aromatic carbocycles. The quantitative estimate of drug-likeness (QED) is 0.686. The van der Waals surface area contributed by atoms with Crippen LogP contribution in [0, 0.1) is 11.8 Å². The molecular weight excluding hydrogens is 244 g/mol. The molecule has 0 radical (unpaired) electrons. The van der Waals surface area contributed by atoms with Gasteiger partial charge in [0.05, 0.1) is 0 Å². The minimum absolute atomic E-state index is 0.0606. The third-order valence-electron chi connectivity index (χ3n) is 5.31.